The Bertz CT molecular complexity index is 711. The highest BCUT2D eigenvalue weighted by Crippen LogP contribution is 2.33. The molecule has 0 radical (unpaired) electrons. The van der Waals surface area contributed by atoms with Crippen LogP contribution in [0.1, 0.15) is 10.4 Å². The van der Waals surface area contributed by atoms with E-state index in [4.69, 9.17) is 4.42 Å². The van der Waals surface area contributed by atoms with Gasteiger partial charge in [0, 0.05) is 17.0 Å². The van der Waals surface area contributed by atoms with Crippen molar-refractivity contribution in [2.45, 2.75) is 0 Å². The van der Waals surface area contributed by atoms with Crippen LogP contribution in [0.2, 0.25) is 0 Å². The van der Waals surface area contributed by atoms with Gasteiger partial charge in [-0.3, -0.25) is 4.79 Å². The molecule has 2 aromatic carbocycles. The zero-order valence-corrected chi connectivity index (χ0v) is 9.46. The van der Waals surface area contributed by atoms with Crippen molar-refractivity contribution in [3.05, 3.63) is 54.1 Å². The third kappa shape index (κ3) is 1.57. The highest BCUT2D eigenvalue weighted by atomic mass is 16.3. The van der Waals surface area contributed by atoms with Crippen LogP contribution in [0.15, 0.2) is 52.9 Å². The number of phenols is 1. The lowest BCUT2D eigenvalue weighted by molar-refractivity contribution is 0.112. The fourth-order valence-corrected chi connectivity index (χ4v) is 2.03. The summed E-state index contributed by atoms with van der Waals surface area (Å²) in [6, 6.07) is 14.2. The van der Waals surface area contributed by atoms with Crippen LogP contribution in [0.5, 0.6) is 5.75 Å². The SMILES string of the molecule is O=Cc1c(-c2ccccc2)oc2cc(O)ccc12. The molecule has 3 rings (SSSR count). The molecule has 0 unspecified atom stereocenters. The zero-order chi connectivity index (χ0) is 12.5. The molecule has 0 bridgehead atoms. The molecular weight excluding hydrogens is 228 g/mol. The topological polar surface area (TPSA) is 50.4 Å². The van der Waals surface area contributed by atoms with Gasteiger partial charge in [0.1, 0.15) is 17.1 Å². The summed E-state index contributed by atoms with van der Waals surface area (Å²) in [5.41, 5.74) is 1.86. The predicted molar refractivity (Wildman–Crippen MR) is 68.7 cm³/mol. The van der Waals surface area contributed by atoms with E-state index in [9.17, 15) is 9.90 Å². The minimum Gasteiger partial charge on any atom is -0.508 e. The molecule has 1 aromatic heterocycles. The fourth-order valence-electron chi connectivity index (χ4n) is 2.03. The normalized spacial score (nSPS) is 10.7. The second kappa shape index (κ2) is 4.04. The molecule has 3 nitrogen and oxygen atoms in total. The van der Waals surface area contributed by atoms with Crippen molar-refractivity contribution in [3.63, 3.8) is 0 Å². The average molecular weight is 238 g/mol. The Kier molecular flexibility index (Phi) is 2.38. The Labute approximate surface area is 103 Å². The number of phenolic OH excluding ortho intramolecular Hbond substituents is 1. The van der Waals surface area contributed by atoms with Crippen LogP contribution in [0.3, 0.4) is 0 Å². The van der Waals surface area contributed by atoms with Gasteiger partial charge in [0.25, 0.3) is 0 Å². The first-order valence-electron chi connectivity index (χ1n) is 5.55. The van der Waals surface area contributed by atoms with Crippen LogP contribution in [0.25, 0.3) is 22.3 Å². The number of furan rings is 1. The molecule has 0 spiro atoms. The highest BCUT2D eigenvalue weighted by molar-refractivity contribution is 6.02. The van der Waals surface area contributed by atoms with E-state index in [1.807, 2.05) is 30.3 Å². The maximum atomic E-state index is 11.2. The molecule has 3 heteroatoms. The molecule has 0 aliphatic carbocycles. The van der Waals surface area contributed by atoms with Crippen LogP contribution >= 0.6 is 0 Å². The van der Waals surface area contributed by atoms with Gasteiger partial charge in [0.15, 0.2) is 6.29 Å². The van der Waals surface area contributed by atoms with E-state index in [2.05, 4.69) is 0 Å². The summed E-state index contributed by atoms with van der Waals surface area (Å²) in [6.07, 6.45) is 0.783. The molecule has 0 saturated heterocycles. The summed E-state index contributed by atoms with van der Waals surface area (Å²) in [4.78, 5) is 11.2. The third-order valence-corrected chi connectivity index (χ3v) is 2.87. The van der Waals surface area contributed by atoms with Crippen molar-refractivity contribution in [1.82, 2.24) is 0 Å². The maximum absolute atomic E-state index is 11.2. The van der Waals surface area contributed by atoms with E-state index in [-0.39, 0.29) is 5.75 Å². The number of aldehydes is 1. The fraction of sp³-hybridized carbons (Fsp3) is 0. The summed E-state index contributed by atoms with van der Waals surface area (Å²) in [7, 11) is 0. The van der Waals surface area contributed by atoms with Gasteiger partial charge in [0.2, 0.25) is 0 Å². The lowest BCUT2D eigenvalue weighted by Gasteiger charge is -1.96. The van der Waals surface area contributed by atoms with E-state index in [1.165, 1.54) is 6.07 Å². The minimum absolute atomic E-state index is 0.119. The predicted octanol–water partition coefficient (Wildman–Crippen LogP) is 3.62. The molecule has 3 aromatic rings. The number of benzene rings is 2. The zero-order valence-electron chi connectivity index (χ0n) is 9.46. The first-order valence-corrected chi connectivity index (χ1v) is 5.55. The molecule has 18 heavy (non-hydrogen) atoms. The van der Waals surface area contributed by atoms with Gasteiger partial charge in [-0.25, -0.2) is 0 Å². The van der Waals surface area contributed by atoms with Gasteiger partial charge in [-0.15, -0.1) is 0 Å². The van der Waals surface area contributed by atoms with Gasteiger partial charge in [-0.05, 0) is 12.1 Å². The van der Waals surface area contributed by atoms with E-state index in [0.29, 0.717) is 22.3 Å². The Balaban J connectivity index is 2.33. The van der Waals surface area contributed by atoms with E-state index < -0.39 is 0 Å². The molecule has 1 N–H and O–H groups in total. The quantitative estimate of drug-likeness (QED) is 0.694. The van der Waals surface area contributed by atoms with Crippen molar-refractivity contribution < 1.29 is 14.3 Å². The Morgan fingerprint density at radius 3 is 2.56 bits per heavy atom. The third-order valence-electron chi connectivity index (χ3n) is 2.87. The van der Waals surface area contributed by atoms with Gasteiger partial charge in [0.05, 0.1) is 5.56 Å². The van der Waals surface area contributed by atoms with Gasteiger partial charge in [-0.1, -0.05) is 30.3 Å². The lowest BCUT2D eigenvalue weighted by atomic mass is 10.1. The van der Waals surface area contributed by atoms with E-state index >= 15 is 0 Å². The summed E-state index contributed by atoms with van der Waals surface area (Å²) < 4.78 is 5.67. The molecular formula is C15H10O3. The second-order valence-electron chi connectivity index (χ2n) is 4.01. The van der Waals surface area contributed by atoms with Crippen molar-refractivity contribution in [3.8, 4) is 17.1 Å². The maximum Gasteiger partial charge on any atom is 0.154 e. The van der Waals surface area contributed by atoms with Crippen LogP contribution in [-0.2, 0) is 0 Å². The molecule has 0 atom stereocenters. The number of carbonyl (C=O) groups excluding carboxylic acids is 1. The number of hydrogen-bond donors (Lipinski definition) is 1. The Hall–Kier alpha value is -2.55. The summed E-state index contributed by atoms with van der Waals surface area (Å²) >= 11 is 0. The summed E-state index contributed by atoms with van der Waals surface area (Å²) in [6.45, 7) is 0. The second-order valence-corrected chi connectivity index (χ2v) is 4.01. The van der Waals surface area contributed by atoms with Gasteiger partial charge in [-0.2, -0.15) is 0 Å². The molecule has 0 saturated carbocycles. The standard InChI is InChI=1S/C15H10O3/c16-9-13-12-7-6-11(17)8-14(12)18-15(13)10-4-2-1-3-5-10/h1-9,17H. The first-order chi connectivity index (χ1) is 8.79. The van der Waals surface area contributed by atoms with Gasteiger partial charge < -0.3 is 9.52 Å². The van der Waals surface area contributed by atoms with Crippen molar-refractivity contribution in [2.75, 3.05) is 0 Å². The molecule has 0 aliphatic rings. The highest BCUT2D eigenvalue weighted by Gasteiger charge is 2.15. The number of rotatable bonds is 2. The smallest absolute Gasteiger partial charge is 0.154 e. The summed E-state index contributed by atoms with van der Waals surface area (Å²) in [5.74, 6) is 0.652. The number of aromatic hydroxyl groups is 1. The first kappa shape index (κ1) is 10.6. The van der Waals surface area contributed by atoms with Gasteiger partial charge >= 0.3 is 0 Å². The Morgan fingerprint density at radius 2 is 1.83 bits per heavy atom. The number of fused-ring (bicyclic) bond motifs is 1. The van der Waals surface area contributed by atoms with Crippen molar-refractivity contribution in [1.29, 1.82) is 0 Å². The van der Waals surface area contributed by atoms with Crippen molar-refractivity contribution >= 4 is 17.3 Å². The molecule has 0 amide bonds. The van der Waals surface area contributed by atoms with E-state index in [0.717, 1.165) is 11.8 Å². The largest absolute Gasteiger partial charge is 0.508 e. The molecule has 0 aliphatic heterocycles. The summed E-state index contributed by atoms with van der Waals surface area (Å²) in [5, 5.41) is 10.1. The molecule has 1 heterocycles. The minimum atomic E-state index is 0.119. The molecule has 88 valence electrons. The number of hydrogen-bond acceptors (Lipinski definition) is 3. The van der Waals surface area contributed by atoms with Crippen LogP contribution < -0.4 is 0 Å². The van der Waals surface area contributed by atoms with E-state index in [1.54, 1.807) is 12.1 Å². The van der Waals surface area contributed by atoms with Crippen molar-refractivity contribution in [2.24, 2.45) is 0 Å². The van der Waals surface area contributed by atoms with Crippen LogP contribution in [0, 0.1) is 0 Å². The average Bonchev–Trinajstić information content (AvgIpc) is 2.77. The lowest BCUT2D eigenvalue weighted by Crippen LogP contribution is -1.81. The van der Waals surface area contributed by atoms with Crippen LogP contribution in [-0.4, -0.2) is 11.4 Å². The number of carbonyl (C=O) groups is 1. The molecule has 0 fully saturated rings. The monoisotopic (exact) mass is 238 g/mol. The Morgan fingerprint density at radius 1 is 1.06 bits per heavy atom. The van der Waals surface area contributed by atoms with Crippen LogP contribution in [0.4, 0.5) is 0 Å².